The summed E-state index contributed by atoms with van der Waals surface area (Å²) in [7, 11) is 3.99. The average Bonchev–Trinajstić information content (AvgIpc) is 2.36. The van der Waals surface area contributed by atoms with Gasteiger partial charge in [0.15, 0.2) is 0 Å². The highest BCUT2D eigenvalue weighted by Gasteiger charge is 2.11. The van der Waals surface area contributed by atoms with E-state index in [2.05, 4.69) is 17.2 Å². The van der Waals surface area contributed by atoms with Gasteiger partial charge in [-0.2, -0.15) is 0 Å². The monoisotopic (exact) mass is 247 g/mol. The molecule has 0 saturated heterocycles. The van der Waals surface area contributed by atoms with Gasteiger partial charge >= 0.3 is 0 Å². The van der Waals surface area contributed by atoms with Gasteiger partial charge in [-0.05, 0) is 31.2 Å². The Hall–Kier alpha value is -1.97. The third-order valence-corrected chi connectivity index (χ3v) is 2.58. The molecule has 0 aliphatic heterocycles. The SMILES string of the molecule is C=CCNC(=O)C(C)Nc1ccc(N(C)C)cc1. The molecule has 0 aliphatic rings. The summed E-state index contributed by atoms with van der Waals surface area (Å²) in [4.78, 5) is 13.7. The smallest absolute Gasteiger partial charge is 0.242 e. The molecule has 1 amide bonds. The van der Waals surface area contributed by atoms with Crippen molar-refractivity contribution in [1.82, 2.24) is 5.32 Å². The Kier molecular flexibility index (Phi) is 5.24. The zero-order valence-corrected chi connectivity index (χ0v) is 11.2. The van der Waals surface area contributed by atoms with Crippen LogP contribution in [0.5, 0.6) is 0 Å². The predicted octanol–water partition coefficient (Wildman–Crippen LogP) is 1.86. The molecular weight excluding hydrogens is 226 g/mol. The average molecular weight is 247 g/mol. The molecule has 1 rings (SSSR count). The Bertz CT molecular complexity index is 398. The van der Waals surface area contributed by atoms with Gasteiger partial charge in [-0.1, -0.05) is 6.08 Å². The molecule has 1 atom stereocenters. The second-order valence-corrected chi connectivity index (χ2v) is 4.34. The Labute approximate surface area is 109 Å². The van der Waals surface area contributed by atoms with Gasteiger partial charge in [-0.3, -0.25) is 4.79 Å². The first-order valence-corrected chi connectivity index (χ1v) is 5.97. The normalized spacial score (nSPS) is 11.5. The van der Waals surface area contributed by atoms with E-state index in [0.717, 1.165) is 11.4 Å². The first-order valence-electron chi connectivity index (χ1n) is 5.97. The van der Waals surface area contributed by atoms with Gasteiger partial charge in [0, 0.05) is 32.0 Å². The minimum Gasteiger partial charge on any atom is -0.378 e. The molecule has 0 saturated carbocycles. The zero-order valence-electron chi connectivity index (χ0n) is 11.2. The van der Waals surface area contributed by atoms with Crippen molar-refractivity contribution in [3.05, 3.63) is 36.9 Å². The molecule has 0 aliphatic carbocycles. The number of amides is 1. The molecule has 0 bridgehead atoms. The summed E-state index contributed by atoms with van der Waals surface area (Å²) < 4.78 is 0. The molecule has 4 heteroatoms. The molecule has 0 fully saturated rings. The number of carbonyl (C=O) groups excluding carboxylic acids is 1. The zero-order chi connectivity index (χ0) is 13.5. The molecule has 18 heavy (non-hydrogen) atoms. The molecule has 1 aromatic rings. The summed E-state index contributed by atoms with van der Waals surface area (Å²) >= 11 is 0. The maximum atomic E-state index is 11.7. The number of hydrogen-bond donors (Lipinski definition) is 2. The minimum absolute atomic E-state index is 0.0356. The lowest BCUT2D eigenvalue weighted by Gasteiger charge is -2.16. The largest absolute Gasteiger partial charge is 0.378 e. The Balaban J connectivity index is 2.56. The second kappa shape index (κ2) is 6.69. The van der Waals surface area contributed by atoms with Crippen LogP contribution in [0.4, 0.5) is 11.4 Å². The van der Waals surface area contributed by atoms with Crippen LogP contribution in [0, 0.1) is 0 Å². The number of benzene rings is 1. The molecule has 2 N–H and O–H groups in total. The van der Waals surface area contributed by atoms with Gasteiger partial charge in [-0.25, -0.2) is 0 Å². The van der Waals surface area contributed by atoms with Crippen molar-refractivity contribution in [2.45, 2.75) is 13.0 Å². The quantitative estimate of drug-likeness (QED) is 0.754. The first kappa shape index (κ1) is 14.1. The molecule has 0 aromatic heterocycles. The molecule has 0 spiro atoms. The molecule has 0 radical (unpaired) electrons. The van der Waals surface area contributed by atoms with Crippen LogP contribution in [0.2, 0.25) is 0 Å². The summed E-state index contributed by atoms with van der Waals surface area (Å²) in [6.45, 7) is 5.88. The Morgan fingerprint density at radius 3 is 2.50 bits per heavy atom. The van der Waals surface area contributed by atoms with E-state index in [1.54, 1.807) is 6.08 Å². The van der Waals surface area contributed by atoms with Gasteiger partial charge in [0.25, 0.3) is 0 Å². The van der Waals surface area contributed by atoms with Crippen molar-refractivity contribution in [1.29, 1.82) is 0 Å². The van der Waals surface area contributed by atoms with Crippen LogP contribution in [0.1, 0.15) is 6.92 Å². The van der Waals surface area contributed by atoms with E-state index < -0.39 is 0 Å². The van der Waals surface area contributed by atoms with Gasteiger partial charge in [0.2, 0.25) is 5.91 Å². The van der Waals surface area contributed by atoms with Crippen molar-refractivity contribution in [2.75, 3.05) is 30.9 Å². The predicted molar refractivity (Wildman–Crippen MR) is 77.1 cm³/mol. The van der Waals surface area contributed by atoms with E-state index in [-0.39, 0.29) is 11.9 Å². The number of carbonyl (C=O) groups is 1. The maximum absolute atomic E-state index is 11.7. The minimum atomic E-state index is -0.268. The fourth-order valence-corrected chi connectivity index (χ4v) is 1.50. The summed E-state index contributed by atoms with van der Waals surface area (Å²) in [5.74, 6) is -0.0356. The van der Waals surface area contributed by atoms with Crippen molar-refractivity contribution in [2.24, 2.45) is 0 Å². The third kappa shape index (κ3) is 4.13. The third-order valence-electron chi connectivity index (χ3n) is 2.58. The molecule has 1 aromatic carbocycles. The second-order valence-electron chi connectivity index (χ2n) is 4.34. The number of nitrogens with one attached hydrogen (secondary N) is 2. The number of nitrogens with zero attached hydrogens (tertiary/aromatic N) is 1. The summed E-state index contributed by atoms with van der Waals surface area (Å²) in [5.41, 5.74) is 2.06. The van der Waals surface area contributed by atoms with Crippen LogP contribution in [0.15, 0.2) is 36.9 Å². The summed E-state index contributed by atoms with van der Waals surface area (Å²) in [5, 5.41) is 5.91. The van der Waals surface area contributed by atoms with Gasteiger partial charge in [-0.15, -0.1) is 6.58 Å². The maximum Gasteiger partial charge on any atom is 0.242 e. The van der Waals surface area contributed by atoms with E-state index in [0.29, 0.717) is 6.54 Å². The fourth-order valence-electron chi connectivity index (χ4n) is 1.50. The lowest BCUT2D eigenvalue weighted by Crippen LogP contribution is -2.37. The van der Waals surface area contributed by atoms with E-state index in [1.165, 1.54) is 0 Å². The van der Waals surface area contributed by atoms with Crippen molar-refractivity contribution in [3.8, 4) is 0 Å². The molecular formula is C14H21N3O. The van der Waals surface area contributed by atoms with E-state index >= 15 is 0 Å². The first-order chi connectivity index (χ1) is 8.54. The highest BCUT2D eigenvalue weighted by molar-refractivity contribution is 5.84. The van der Waals surface area contributed by atoms with Crippen molar-refractivity contribution >= 4 is 17.3 Å². The number of hydrogen-bond acceptors (Lipinski definition) is 3. The molecule has 98 valence electrons. The highest BCUT2D eigenvalue weighted by atomic mass is 16.2. The highest BCUT2D eigenvalue weighted by Crippen LogP contribution is 2.16. The molecule has 0 heterocycles. The lowest BCUT2D eigenvalue weighted by molar-refractivity contribution is -0.121. The van der Waals surface area contributed by atoms with E-state index in [4.69, 9.17) is 0 Å². The lowest BCUT2D eigenvalue weighted by atomic mass is 10.2. The number of rotatable bonds is 6. The van der Waals surface area contributed by atoms with Crippen LogP contribution in [0.3, 0.4) is 0 Å². The van der Waals surface area contributed by atoms with Crippen LogP contribution >= 0.6 is 0 Å². The van der Waals surface area contributed by atoms with Crippen LogP contribution in [0.25, 0.3) is 0 Å². The van der Waals surface area contributed by atoms with Crippen LogP contribution in [-0.2, 0) is 4.79 Å². The fraction of sp³-hybridized carbons (Fsp3) is 0.357. The standard InChI is InChI=1S/C14H21N3O/c1-5-10-15-14(18)11(2)16-12-6-8-13(9-7-12)17(3)4/h5-9,11,16H,1,10H2,2-4H3,(H,15,18). The molecule has 4 nitrogen and oxygen atoms in total. The molecule has 1 unspecified atom stereocenters. The van der Waals surface area contributed by atoms with Crippen LogP contribution in [-0.4, -0.2) is 32.6 Å². The van der Waals surface area contributed by atoms with E-state index in [1.807, 2.05) is 50.2 Å². The Morgan fingerprint density at radius 1 is 1.39 bits per heavy atom. The Morgan fingerprint density at radius 2 is 2.00 bits per heavy atom. The van der Waals surface area contributed by atoms with Crippen molar-refractivity contribution in [3.63, 3.8) is 0 Å². The van der Waals surface area contributed by atoms with Gasteiger partial charge in [0.1, 0.15) is 6.04 Å². The topological polar surface area (TPSA) is 44.4 Å². The van der Waals surface area contributed by atoms with Gasteiger partial charge < -0.3 is 15.5 Å². The van der Waals surface area contributed by atoms with Crippen molar-refractivity contribution < 1.29 is 4.79 Å². The van der Waals surface area contributed by atoms with Gasteiger partial charge in [0.05, 0.1) is 0 Å². The number of anilines is 2. The summed E-state index contributed by atoms with van der Waals surface area (Å²) in [6.07, 6.45) is 1.66. The summed E-state index contributed by atoms with van der Waals surface area (Å²) in [6, 6.07) is 7.68. The van der Waals surface area contributed by atoms with Crippen LogP contribution < -0.4 is 15.5 Å². The van der Waals surface area contributed by atoms with E-state index in [9.17, 15) is 4.79 Å².